The Kier molecular flexibility index (Phi) is 5.31. The lowest BCUT2D eigenvalue weighted by Crippen LogP contribution is -2.49. The molecule has 2 fully saturated rings. The summed E-state index contributed by atoms with van der Waals surface area (Å²) in [5.74, 6) is 0.349. The highest BCUT2D eigenvalue weighted by molar-refractivity contribution is 7.16. The van der Waals surface area contributed by atoms with Crippen LogP contribution in [0.4, 0.5) is 9.52 Å². The number of anilines is 1. The summed E-state index contributed by atoms with van der Waals surface area (Å²) in [6.45, 7) is 9.73. The predicted octanol–water partition coefficient (Wildman–Crippen LogP) is 4.50. The zero-order chi connectivity index (χ0) is 19.7. The number of piperazine rings is 1. The van der Waals surface area contributed by atoms with Crippen LogP contribution in [0.25, 0.3) is 11.9 Å². The van der Waals surface area contributed by atoms with E-state index in [1.807, 2.05) is 4.90 Å². The molecular weight excluding hydrogens is 373 g/mol. The molecule has 1 aromatic carbocycles. The molecule has 0 bridgehead atoms. The fourth-order valence-corrected chi connectivity index (χ4v) is 4.53. The number of carbonyl (C=O) groups is 1. The summed E-state index contributed by atoms with van der Waals surface area (Å²) in [4.78, 5) is 21.7. The lowest BCUT2D eigenvalue weighted by molar-refractivity contribution is -0.130. The Morgan fingerprint density at radius 3 is 2.43 bits per heavy atom. The van der Waals surface area contributed by atoms with Crippen LogP contribution in [-0.2, 0) is 11.2 Å². The Morgan fingerprint density at radius 2 is 1.89 bits per heavy atom. The molecule has 2 heterocycles. The molecule has 0 unspecified atom stereocenters. The minimum atomic E-state index is -0.543. The summed E-state index contributed by atoms with van der Waals surface area (Å²) in [6.07, 6.45) is 4.62. The monoisotopic (exact) mass is 397 g/mol. The average Bonchev–Trinajstić information content (AvgIpc) is 3.46. The van der Waals surface area contributed by atoms with Gasteiger partial charge in [-0.05, 0) is 36.0 Å². The van der Waals surface area contributed by atoms with E-state index in [0.29, 0.717) is 37.5 Å². The van der Waals surface area contributed by atoms with E-state index in [2.05, 4.69) is 47.3 Å². The quantitative estimate of drug-likeness (QED) is 0.720. The van der Waals surface area contributed by atoms with E-state index in [0.717, 1.165) is 16.6 Å². The fraction of sp³-hybridized carbons (Fsp3) is 0.364. The number of thiazole rings is 1. The van der Waals surface area contributed by atoms with Crippen molar-refractivity contribution in [3.8, 4) is 0 Å². The van der Waals surface area contributed by atoms with Gasteiger partial charge in [-0.3, -0.25) is 4.79 Å². The van der Waals surface area contributed by atoms with Crippen molar-refractivity contribution in [1.82, 2.24) is 9.88 Å². The molecule has 2 aliphatic rings. The number of benzene rings is 1. The molecule has 1 amide bonds. The first-order valence-electron chi connectivity index (χ1n) is 9.64. The number of carbonyl (C=O) groups excluding carboxylic acids is 1. The molecule has 1 saturated carbocycles. The molecule has 2 aromatic rings. The van der Waals surface area contributed by atoms with Crippen LogP contribution in [0.5, 0.6) is 0 Å². The van der Waals surface area contributed by atoms with E-state index in [1.54, 1.807) is 6.08 Å². The Bertz CT molecular complexity index is 893. The first-order valence-corrected chi connectivity index (χ1v) is 10.5. The van der Waals surface area contributed by atoms with Crippen molar-refractivity contribution in [2.24, 2.45) is 0 Å². The van der Waals surface area contributed by atoms with Crippen molar-refractivity contribution < 1.29 is 9.18 Å². The number of amides is 1. The molecule has 0 spiro atoms. The number of aromatic nitrogens is 1. The normalized spacial score (nSPS) is 16.9. The molecule has 0 N–H and O–H groups in total. The zero-order valence-electron chi connectivity index (χ0n) is 15.9. The number of halogens is 1. The first kappa shape index (κ1) is 18.9. The molecule has 0 atom stereocenters. The van der Waals surface area contributed by atoms with Crippen molar-refractivity contribution in [3.63, 3.8) is 0 Å². The highest BCUT2D eigenvalue weighted by Crippen LogP contribution is 2.40. The van der Waals surface area contributed by atoms with Crippen LogP contribution in [0.3, 0.4) is 0 Å². The van der Waals surface area contributed by atoms with Crippen LogP contribution in [-0.4, -0.2) is 42.0 Å². The second-order valence-corrected chi connectivity index (χ2v) is 8.39. The van der Waals surface area contributed by atoms with Crippen LogP contribution >= 0.6 is 11.3 Å². The van der Waals surface area contributed by atoms with Crippen molar-refractivity contribution in [1.29, 1.82) is 0 Å². The Balaban J connectivity index is 1.33. The smallest absolute Gasteiger partial charge is 0.227 e. The summed E-state index contributed by atoms with van der Waals surface area (Å²) in [7, 11) is 0. The zero-order valence-corrected chi connectivity index (χ0v) is 16.7. The SMILES string of the molecule is C=Cc1sc(N2CCN(C(=O)Cc3ccc(C4CC4)cc3)CC2)nc1C(=C)F. The minimum Gasteiger partial charge on any atom is -0.345 e. The van der Waals surface area contributed by atoms with E-state index in [1.165, 1.54) is 29.7 Å². The van der Waals surface area contributed by atoms with Crippen LogP contribution in [0.2, 0.25) is 0 Å². The summed E-state index contributed by atoms with van der Waals surface area (Å²) >= 11 is 1.41. The van der Waals surface area contributed by atoms with Gasteiger partial charge in [0.1, 0.15) is 11.5 Å². The molecule has 4 rings (SSSR count). The van der Waals surface area contributed by atoms with E-state index in [4.69, 9.17) is 0 Å². The topological polar surface area (TPSA) is 36.4 Å². The van der Waals surface area contributed by atoms with Gasteiger partial charge in [-0.2, -0.15) is 0 Å². The van der Waals surface area contributed by atoms with E-state index < -0.39 is 5.83 Å². The minimum absolute atomic E-state index is 0.155. The van der Waals surface area contributed by atoms with Gasteiger partial charge in [-0.1, -0.05) is 48.8 Å². The number of nitrogens with zero attached hydrogens (tertiary/aromatic N) is 3. The molecule has 4 nitrogen and oxygen atoms in total. The summed E-state index contributed by atoms with van der Waals surface area (Å²) < 4.78 is 13.5. The van der Waals surface area contributed by atoms with Gasteiger partial charge in [-0.15, -0.1) is 0 Å². The van der Waals surface area contributed by atoms with E-state index in [9.17, 15) is 9.18 Å². The van der Waals surface area contributed by atoms with Crippen molar-refractivity contribution in [2.75, 3.05) is 31.1 Å². The maximum atomic E-state index is 13.5. The summed E-state index contributed by atoms with van der Waals surface area (Å²) in [5.41, 5.74) is 2.73. The third-order valence-corrected chi connectivity index (χ3v) is 6.48. The van der Waals surface area contributed by atoms with Crippen LogP contribution in [0.1, 0.15) is 40.5 Å². The second kappa shape index (κ2) is 7.87. The van der Waals surface area contributed by atoms with Crippen LogP contribution < -0.4 is 4.90 Å². The molecule has 6 heteroatoms. The fourth-order valence-electron chi connectivity index (χ4n) is 3.55. The van der Waals surface area contributed by atoms with Gasteiger partial charge in [-0.25, -0.2) is 9.37 Å². The molecular formula is C22H24FN3OS. The molecule has 1 saturated heterocycles. The third kappa shape index (κ3) is 4.02. The van der Waals surface area contributed by atoms with Gasteiger partial charge in [0.25, 0.3) is 0 Å². The highest BCUT2D eigenvalue weighted by atomic mass is 32.1. The lowest BCUT2D eigenvalue weighted by atomic mass is 10.1. The predicted molar refractivity (Wildman–Crippen MR) is 113 cm³/mol. The van der Waals surface area contributed by atoms with Crippen LogP contribution in [0, 0.1) is 0 Å². The summed E-state index contributed by atoms with van der Waals surface area (Å²) in [5, 5.41) is 0.756. The van der Waals surface area contributed by atoms with Gasteiger partial charge < -0.3 is 9.80 Å². The molecule has 0 radical (unpaired) electrons. The van der Waals surface area contributed by atoms with Crippen molar-refractivity contribution in [2.45, 2.75) is 25.2 Å². The Morgan fingerprint density at radius 1 is 1.21 bits per heavy atom. The Hall–Kier alpha value is -2.47. The van der Waals surface area contributed by atoms with Gasteiger partial charge >= 0.3 is 0 Å². The number of hydrogen-bond acceptors (Lipinski definition) is 4. The average molecular weight is 398 g/mol. The van der Waals surface area contributed by atoms with Crippen LogP contribution in [0.15, 0.2) is 37.4 Å². The lowest BCUT2D eigenvalue weighted by Gasteiger charge is -2.34. The van der Waals surface area contributed by atoms with Gasteiger partial charge in [0.15, 0.2) is 5.13 Å². The van der Waals surface area contributed by atoms with E-state index in [-0.39, 0.29) is 11.6 Å². The second-order valence-electron chi connectivity index (χ2n) is 7.38. The van der Waals surface area contributed by atoms with Gasteiger partial charge in [0.2, 0.25) is 5.91 Å². The maximum Gasteiger partial charge on any atom is 0.227 e. The molecule has 1 aliphatic heterocycles. The summed E-state index contributed by atoms with van der Waals surface area (Å²) in [6, 6.07) is 8.49. The Labute approximate surface area is 169 Å². The third-order valence-electron chi connectivity index (χ3n) is 5.37. The molecule has 1 aliphatic carbocycles. The highest BCUT2D eigenvalue weighted by Gasteiger charge is 2.25. The first-order chi connectivity index (χ1) is 13.5. The van der Waals surface area contributed by atoms with E-state index >= 15 is 0 Å². The largest absolute Gasteiger partial charge is 0.345 e. The standard InChI is InChI=1S/C22H24FN3OS/c1-3-19-21(15(2)23)24-22(28-19)26-12-10-25(11-13-26)20(27)14-16-4-6-17(7-5-16)18-8-9-18/h3-7,18H,1-2,8-14H2. The molecule has 146 valence electrons. The van der Waals surface area contributed by atoms with Gasteiger partial charge in [0.05, 0.1) is 11.3 Å². The van der Waals surface area contributed by atoms with Gasteiger partial charge in [0, 0.05) is 26.2 Å². The number of rotatable bonds is 6. The van der Waals surface area contributed by atoms with Crippen molar-refractivity contribution >= 4 is 34.3 Å². The maximum absolute atomic E-state index is 13.5. The number of hydrogen-bond donors (Lipinski definition) is 0. The molecule has 1 aromatic heterocycles. The molecule has 28 heavy (non-hydrogen) atoms. The van der Waals surface area contributed by atoms with Crippen molar-refractivity contribution in [3.05, 3.63) is 59.1 Å².